The van der Waals surface area contributed by atoms with Crippen LogP contribution in [0.15, 0.2) is 54.7 Å². The summed E-state index contributed by atoms with van der Waals surface area (Å²) in [6.07, 6.45) is 2.17. The van der Waals surface area contributed by atoms with Crippen molar-refractivity contribution < 1.29 is 23.6 Å². The predicted molar refractivity (Wildman–Crippen MR) is 132 cm³/mol. The summed E-state index contributed by atoms with van der Waals surface area (Å²) >= 11 is 12.2. The molecule has 1 saturated heterocycles. The van der Waals surface area contributed by atoms with Gasteiger partial charge < -0.3 is 20.1 Å². The zero-order valence-corrected chi connectivity index (χ0v) is 20.7. The molecule has 3 aromatic rings. The van der Waals surface area contributed by atoms with Gasteiger partial charge in [-0.25, -0.2) is 4.57 Å². The van der Waals surface area contributed by atoms with Crippen LogP contribution in [-0.4, -0.2) is 50.7 Å². The SMILES string of the molecule is O=C(NC1CCN(P(=O)(O)Oc2ccccc2)CC1)c1[nH]ncc1NC(=O)c1c(Cl)cccc1Cl. The van der Waals surface area contributed by atoms with Crippen LogP contribution in [0.5, 0.6) is 5.75 Å². The molecule has 35 heavy (non-hydrogen) atoms. The number of nitrogens with zero attached hydrogens (tertiary/aromatic N) is 2. The zero-order valence-electron chi connectivity index (χ0n) is 18.3. The van der Waals surface area contributed by atoms with Crippen LogP contribution in [0, 0.1) is 0 Å². The Labute approximate surface area is 211 Å². The van der Waals surface area contributed by atoms with E-state index in [2.05, 4.69) is 20.8 Å². The number of nitrogens with one attached hydrogen (secondary N) is 3. The number of aromatic amines is 1. The minimum absolute atomic E-state index is 0.0594. The van der Waals surface area contributed by atoms with E-state index in [1.54, 1.807) is 36.4 Å². The fraction of sp³-hybridized carbons (Fsp3) is 0.227. The number of hydrogen-bond donors (Lipinski definition) is 4. The molecule has 1 unspecified atom stereocenters. The third-order valence-corrected chi connectivity index (χ3v) is 7.63. The molecule has 1 atom stereocenters. The molecule has 0 aliphatic carbocycles. The predicted octanol–water partition coefficient (Wildman–Crippen LogP) is 4.34. The van der Waals surface area contributed by atoms with Crippen molar-refractivity contribution >= 4 is 48.5 Å². The maximum Gasteiger partial charge on any atom is 0.458 e. The molecule has 0 radical (unpaired) electrons. The van der Waals surface area contributed by atoms with E-state index in [4.69, 9.17) is 27.7 Å². The number of H-pyrrole nitrogens is 1. The highest BCUT2D eigenvalue weighted by atomic mass is 35.5. The van der Waals surface area contributed by atoms with Crippen molar-refractivity contribution in [1.82, 2.24) is 20.2 Å². The second-order valence-electron chi connectivity index (χ2n) is 7.81. The molecule has 2 aromatic carbocycles. The molecule has 184 valence electrons. The highest BCUT2D eigenvalue weighted by Gasteiger charge is 2.35. The second-order valence-corrected chi connectivity index (χ2v) is 10.3. The lowest BCUT2D eigenvalue weighted by Gasteiger charge is -2.33. The summed E-state index contributed by atoms with van der Waals surface area (Å²) in [5.41, 5.74) is 0.308. The summed E-state index contributed by atoms with van der Waals surface area (Å²) in [7, 11) is -4.02. The highest BCUT2D eigenvalue weighted by Crippen LogP contribution is 2.47. The van der Waals surface area contributed by atoms with Crippen LogP contribution in [0.4, 0.5) is 5.69 Å². The van der Waals surface area contributed by atoms with Crippen LogP contribution in [0.25, 0.3) is 0 Å². The number of halogens is 2. The van der Waals surface area contributed by atoms with Crippen molar-refractivity contribution in [3.63, 3.8) is 0 Å². The van der Waals surface area contributed by atoms with E-state index >= 15 is 0 Å². The van der Waals surface area contributed by atoms with Gasteiger partial charge in [0, 0.05) is 19.1 Å². The Hall–Kier alpha value is -2.88. The molecule has 4 rings (SSSR count). The van der Waals surface area contributed by atoms with Gasteiger partial charge in [0.2, 0.25) is 0 Å². The van der Waals surface area contributed by atoms with Gasteiger partial charge in [0.25, 0.3) is 11.8 Å². The van der Waals surface area contributed by atoms with Gasteiger partial charge in [-0.1, -0.05) is 47.5 Å². The van der Waals surface area contributed by atoms with Gasteiger partial charge in [-0.2, -0.15) is 9.77 Å². The molecule has 0 bridgehead atoms. The molecule has 0 saturated carbocycles. The zero-order chi connectivity index (χ0) is 25.0. The summed E-state index contributed by atoms with van der Waals surface area (Å²) in [5.74, 6) is -0.753. The molecular formula is C22H22Cl2N5O5P. The fourth-order valence-electron chi connectivity index (χ4n) is 3.65. The Morgan fingerprint density at radius 1 is 1.06 bits per heavy atom. The smallest absolute Gasteiger partial charge is 0.413 e. The van der Waals surface area contributed by atoms with E-state index in [9.17, 15) is 19.0 Å². The number of para-hydroxylation sites is 1. The van der Waals surface area contributed by atoms with Crippen molar-refractivity contribution in [3.05, 3.63) is 76.0 Å². The number of carbonyl (C=O) groups excluding carboxylic acids is 2. The van der Waals surface area contributed by atoms with E-state index in [1.807, 2.05) is 0 Å². The maximum absolute atomic E-state index is 12.8. The first-order valence-corrected chi connectivity index (χ1v) is 13.0. The third kappa shape index (κ3) is 6.04. The maximum atomic E-state index is 12.8. The fourth-order valence-corrected chi connectivity index (χ4v) is 5.47. The standard InChI is InChI=1S/C22H22Cl2N5O5P/c23-16-7-4-8-17(24)19(16)21(30)27-18-13-25-28-20(18)22(31)26-14-9-11-29(12-10-14)35(32,33)34-15-5-2-1-3-6-15/h1-8,13-14H,9-12H2,(H,25,28)(H,26,31)(H,27,30)(H,32,33). The van der Waals surface area contributed by atoms with Crippen molar-refractivity contribution in [2.45, 2.75) is 18.9 Å². The van der Waals surface area contributed by atoms with Crippen molar-refractivity contribution in [2.24, 2.45) is 0 Å². The lowest BCUT2D eigenvalue weighted by atomic mass is 10.1. The summed E-state index contributed by atoms with van der Waals surface area (Å²) in [6.45, 7) is 0.506. The molecule has 1 aliphatic rings. The normalized spacial score (nSPS) is 16.3. The molecule has 2 amide bonds. The first kappa shape index (κ1) is 25.2. The molecule has 10 nitrogen and oxygen atoms in total. The van der Waals surface area contributed by atoms with Crippen LogP contribution in [0.2, 0.25) is 10.0 Å². The third-order valence-electron chi connectivity index (χ3n) is 5.44. The second kappa shape index (κ2) is 10.8. The minimum atomic E-state index is -4.02. The average Bonchev–Trinajstić information content (AvgIpc) is 3.28. The number of piperidine rings is 1. The molecule has 4 N–H and O–H groups in total. The Balaban J connectivity index is 1.34. The molecule has 0 spiro atoms. The van der Waals surface area contributed by atoms with Gasteiger partial charge in [-0.05, 0) is 37.1 Å². The first-order chi connectivity index (χ1) is 16.7. The molecule has 1 aromatic heterocycles. The average molecular weight is 538 g/mol. The quantitative estimate of drug-likeness (QED) is 0.329. The van der Waals surface area contributed by atoms with Gasteiger partial charge in [-0.15, -0.1) is 0 Å². The Bertz CT molecular complexity index is 1240. The van der Waals surface area contributed by atoms with Crippen LogP contribution in [-0.2, 0) is 4.57 Å². The van der Waals surface area contributed by atoms with E-state index in [-0.39, 0.29) is 46.1 Å². The number of amides is 2. The minimum Gasteiger partial charge on any atom is -0.413 e. The largest absolute Gasteiger partial charge is 0.458 e. The molecule has 2 heterocycles. The molecule has 1 fully saturated rings. The summed E-state index contributed by atoms with van der Waals surface area (Å²) in [6, 6.07) is 12.9. The van der Waals surface area contributed by atoms with Gasteiger partial charge in [0.05, 0.1) is 27.5 Å². The van der Waals surface area contributed by atoms with E-state index in [0.717, 1.165) is 0 Å². The van der Waals surface area contributed by atoms with Crippen LogP contribution < -0.4 is 15.2 Å². The number of anilines is 1. The van der Waals surface area contributed by atoms with Crippen molar-refractivity contribution in [2.75, 3.05) is 18.4 Å². The van der Waals surface area contributed by atoms with Gasteiger partial charge in [0.1, 0.15) is 11.4 Å². The Morgan fingerprint density at radius 2 is 1.71 bits per heavy atom. The first-order valence-electron chi connectivity index (χ1n) is 10.7. The van der Waals surface area contributed by atoms with E-state index < -0.39 is 19.6 Å². The van der Waals surface area contributed by atoms with Crippen molar-refractivity contribution in [1.29, 1.82) is 0 Å². The summed E-state index contributed by atoms with van der Waals surface area (Å²) in [5, 5.41) is 12.3. The molecular weight excluding hydrogens is 516 g/mol. The van der Waals surface area contributed by atoms with E-state index in [1.165, 1.54) is 23.0 Å². The van der Waals surface area contributed by atoms with Gasteiger partial charge in [-0.3, -0.25) is 14.7 Å². The number of carbonyl (C=O) groups is 2. The monoisotopic (exact) mass is 537 g/mol. The van der Waals surface area contributed by atoms with Gasteiger partial charge in [0.15, 0.2) is 0 Å². The van der Waals surface area contributed by atoms with Crippen LogP contribution >= 0.6 is 30.9 Å². The summed E-state index contributed by atoms with van der Waals surface area (Å²) < 4.78 is 19.3. The lowest BCUT2D eigenvalue weighted by molar-refractivity contribution is 0.0917. The Kier molecular flexibility index (Phi) is 7.78. The van der Waals surface area contributed by atoms with Crippen LogP contribution in [0.3, 0.4) is 0 Å². The number of aromatic nitrogens is 2. The summed E-state index contributed by atoms with van der Waals surface area (Å²) in [4.78, 5) is 35.9. The van der Waals surface area contributed by atoms with Crippen LogP contribution in [0.1, 0.15) is 33.7 Å². The molecule has 13 heteroatoms. The lowest BCUT2D eigenvalue weighted by Crippen LogP contribution is -2.44. The van der Waals surface area contributed by atoms with E-state index in [0.29, 0.717) is 18.6 Å². The molecule has 1 aliphatic heterocycles. The highest BCUT2D eigenvalue weighted by molar-refractivity contribution is 7.50. The topological polar surface area (TPSA) is 137 Å². The van der Waals surface area contributed by atoms with Gasteiger partial charge >= 0.3 is 7.75 Å². The number of benzene rings is 2. The number of hydrogen-bond acceptors (Lipinski definition) is 5. The number of rotatable bonds is 7. The Morgan fingerprint density at radius 3 is 2.37 bits per heavy atom. The van der Waals surface area contributed by atoms with Crippen molar-refractivity contribution in [3.8, 4) is 5.75 Å².